The summed E-state index contributed by atoms with van der Waals surface area (Å²) in [7, 11) is 0. The third kappa shape index (κ3) is 3.06. The molecule has 1 atom stereocenters. The molecule has 1 aromatic rings. The molecule has 3 nitrogen and oxygen atoms in total. The van der Waals surface area contributed by atoms with Crippen LogP contribution in [0.15, 0.2) is 18.2 Å². The minimum absolute atomic E-state index is 0.216. The van der Waals surface area contributed by atoms with Crippen molar-refractivity contribution in [2.75, 3.05) is 5.32 Å². The molecule has 1 unspecified atom stereocenters. The molecule has 0 spiro atoms. The standard InChI is InChI=1S/C10H11ClF2N2O/c1-5(9(12)13)15-8-4-6(10(14)16)2-3-7(8)11/h2-5,9,15H,1H3,(H2,14,16). The first-order valence-corrected chi connectivity index (χ1v) is 4.93. The Morgan fingerprint density at radius 3 is 2.62 bits per heavy atom. The van der Waals surface area contributed by atoms with Crippen LogP contribution in [0.25, 0.3) is 0 Å². The molecule has 16 heavy (non-hydrogen) atoms. The van der Waals surface area contributed by atoms with Crippen LogP contribution >= 0.6 is 11.6 Å². The number of amides is 1. The summed E-state index contributed by atoms with van der Waals surface area (Å²) in [6, 6.07) is 3.16. The van der Waals surface area contributed by atoms with Crippen molar-refractivity contribution in [3.05, 3.63) is 28.8 Å². The van der Waals surface area contributed by atoms with Crippen LogP contribution in [0.1, 0.15) is 17.3 Å². The Hall–Kier alpha value is -1.36. The fraction of sp³-hybridized carbons (Fsp3) is 0.300. The molecule has 3 N–H and O–H groups in total. The maximum absolute atomic E-state index is 12.3. The van der Waals surface area contributed by atoms with Crippen molar-refractivity contribution in [2.24, 2.45) is 5.73 Å². The van der Waals surface area contributed by atoms with Crippen LogP contribution in [0.5, 0.6) is 0 Å². The van der Waals surface area contributed by atoms with Gasteiger partial charge in [-0.2, -0.15) is 0 Å². The Balaban J connectivity index is 2.94. The van der Waals surface area contributed by atoms with Gasteiger partial charge in [0.15, 0.2) is 0 Å². The molecule has 0 radical (unpaired) electrons. The quantitative estimate of drug-likeness (QED) is 0.860. The number of nitrogens with one attached hydrogen (secondary N) is 1. The van der Waals surface area contributed by atoms with Gasteiger partial charge in [0.05, 0.1) is 16.8 Å². The maximum Gasteiger partial charge on any atom is 0.258 e. The van der Waals surface area contributed by atoms with Crippen molar-refractivity contribution in [1.29, 1.82) is 0 Å². The molecule has 88 valence electrons. The monoisotopic (exact) mass is 248 g/mol. The number of alkyl halides is 2. The fourth-order valence-corrected chi connectivity index (χ4v) is 1.27. The third-order valence-electron chi connectivity index (χ3n) is 2.01. The van der Waals surface area contributed by atoms with Crippen LogP contribution in [0.4, 0.5) is 14.5 Å². The van der Waals surface area contributed by atoms with E-state index in [2.05, 4.69) is 5.32 Å². The molecule has 0 fully saturated rings. The Morgan fingerprint density at radius 1 is 1.50 bits per heavy atom. The van der Waals surface area contributed by atoms with Gasteiger partial charge in [0, 0.05) is 5.56 Å². The van der Waals surface area contributed by atoms with Crippen LogP contribution in [0.3, 0.4) is 0 Å². The highest BCUT2D eigenvalue weighted by atomic mass is 35.5. The molecule has 0 aliphatic carbocycles. The molecular formula is C10H11ClF2N2O. The smallest absolute Gasteiger partial charge is 0.258 e. The fourth-order valence-electron chi connectivity index (χ4n) is 1.10. The average Bonchev–Trinajstić information content (AvgIpc) is 2.20. The molecule has 0 aliphatic rings. The maximum atomic E-state index is 12.3. The summed E-state index contributed by atoms with van der Waals surface area (Å²) in [5.74, 6) is -0.635. The number of anilines is 1. The normalized spacial score (nSPS) is 12.6. The lowest BCUT2D eigenvalue weighted by Crippen LogP contribution is -2.24. The van der Waals surface area contributed by atoms with E-state index in [1.54, 1.807) is 0 Å². The summed E-state index contributed by atoms with van der Waals surface area (Å²) in [6.45, 7) is 1.32. The summed E-state index contributed by atoms with van der Waals surface area (Å²) in [6.07, 6.45) is -2.52. The zero-order chi connectivity index (χ0) is 12.3. The van der Waals surface area contributed by atoms with E-state index in [1.165, 1.54) is 25.1 Å². The van der Waals surface area contributed by atoms with Crippen molar-refractivity contribution in [3.8, 4) is 0 Å². The molecule has 1 rings (SSSR count). The lowest BCUT2D eigenvalue weighted by molar-refractivity contribution is 0.100. The van der Waals surface area contributed by atoms with E-state index in [0.717, 1.165) is 0 Å². The predicted octanol–water partition coefficient (Wildman–Crippen LogP) is 2.50. The molecule has 1 aromatic carbocycles. The highest BCUT2D eigenvalue weighted by Crippen LogP contribution is 2.24. The lowest BCUT2D eigenvalue weighted by Gasteiger charge is -2.15. The van der Waals surface area contributed by atoms with E-state index in [1.807, 2.05) is 0 Å². The third-order valence-corrected chi connectivity index (χ3v) is 2.34. The summed E-state index contributed by atoms with van der Waals surface area (Å²) < 4.78 is 24.6. The number of primary amides is 1. The van der Waals surface area contributed by atoms with Gasteiger partial charge in [-0.15, -0.1) is 0 Å². The number of halogens is 3. The molecule has 0 saturated carbocycles. The Bertz CT molecular complexity index is 398. The van der Waals surface area contributed by atoms with Gasteiger partial charge >= 0.3 is 0 Å². The first-order valence-electron chi connectivity index (χ1n) is 4.56. The van der Waals surface area contributed by atoms with Crippen LogP contribution in [0.2, 0.25) is 5.02 Å². The molecule has 6 heteroatoms. The number of carbonyl (C=O) groups excluding carboxylic acids is 1. The zero-order valence-electron chi connectivity index (χ0n) is 8.51. The van der Waals surface area contributed by atoms with Crippen molar-refractivity contribution in [1.82, 2.24) is 0 Å². The van der Waals surface area contributed by atoms with E-state index < -0.39 is 18.4 Å². The topological polar surface area (TPSA) is 55.1 Å². The molecule has 0 aliphatic heterocycles. The number of carbonyl (C=O) groups is 1. The average molecular weight is 249 g/mol. The zero-order valence-corrected chi connectivity index (χ0v) is 9.26. The molecule has 0 saturated heterocycles. The first kappa shape index (κ1) is 12.7. The predicted molar refractivity (Wildman–Crippen MR) is 59.1 cm³/mol. The highest BCUT2D eigenvalue weighted by Gasteiger charge is 2.16. The van der Waals surface area contributed by atoms with Gasteiger partial charge in [-0.3, -0.25) is 4.79 Å². The highest BCUT2D eigenvalue weighted by molar-refractivity contribution is 6.33. The van der Waals surface area contributed by atoms with E-state index >= 15 is 0 Å². The second-order valence-electron chi connectivity index (χ2n) is 3.33. The number of nitrogens with two attached hydrogens (primary N) is 1. The van der Waals surface area contributed by atoms with E-state index in [-0.39, 0.29) is 16.3 Å². The Morgan fingerprint density at radius 2 is 2.12 bits per heavy atom. The van der Waals surface area contributed by atoms with E-state index in [0.29, 0.717) is 0 Å². The number of hydrogen-bond acceptors (Lipinski definition) is 2. The minimum atomic E-state index is -2.52. The van der Waals surface area contributed by atoms with Crippen LogP contribution < -0.4 is 11.1 Å². The van der Waals surface area contributed by atoms with Gasteiger partial charge in [-0.25, -0.2) is 8.78 Å². The molecule has 0 heterocycles. The lowest BCUT2D eigenvalue weighted by atomic mass is 10.2. The second kappa shape index (κ2) is 5.12. The molecular weight excluding hydrogens is 238 g/mol. The second-order valence-corrected chi connectivity index (χ2v) is 3.73. The van der Waals surface area contributed by atoms with Crippen LogP contribution in [-0.2, 0) is 0 Å². The van der Waals surface area contributed by atoms with Gasteiger partial charge in [-0.1, -0.05) is 11.6 Å². The van der Waals surface area contributed by atoms with Gasteiger partial charge in [0.2, 0.25) is 5.91 Å². The van der Waals surface area contributed by atoms with Crippen molar-refractivity contribution < 1.29 is 13.6 Å². The molecule has 0 aromatic heterocycles. The van der Waals surface area contributed by atoms with Gasteiger partial charge in [-0.05, 0) is 25.1 Å². The first-order chi connectivity index (χ1) is 7.41. The SMILES string of the molecule is CC(Nc1cc(C(N)=O)ccc1Cl)C(F)F. The van der Waals surface area contributed by atoms with Crippen molar-refractivity contribution in [2.45, 2.75) is 19.4 Å². The van der Waals surface area contributed by atoms with Crippen LogP contribution in [-0.4, -0.2) is 18.4 Å². The summed E-state index contributed by atoms with van der Waals surface area (Å²) in [5, 5.41) is 2.78. The number of benzene rings is 1. The van der Waals surface area contributed by atoms with Gasteiger partial charge in [0.25, 0.3) is 6.43 Å². The summed E-state index contributed by atoms with van der Waals surface area (Å²) in [5.41, 5.74) is 5.55. The Labute approximate surface area is 96.6 Å². The largest absolute Gasteiger partial charge is 0.376 e. The summed E-state index contributed by atoms with van der Waals surface area (Å²) >= 11 is 5.79. The minimum Gasteiger partial charge on any atom is -0.376 e. The van der Waals surface area contributed by atoms with E-state index in [9.17, 15) is 13.6 Å². The summed E-state index contributed by atoms with van der Waals surface area (Å²) in [4.78, 5) is 10.9. The number of rotatable bonds is 4. The van der Waals surface area contributed by atoms with Crippen LogP contribution in [0, 0.1) is 0 Å². The van der Waals surface area contributed by atoms with Gasteiger partial charge < -0.3 is 11.1 Å². The number of hydrogen-bond donors (Lipinski definition) is 2. The van der Waals surface area contributed by atoms with Gasteiger partial charge in [0.1, 0.15) is 0 Å². The Kier molecular flexibility index (Phi) is 4.06. The molecule has 1 amide bonds. The molecule has 0 bridgehead atoms. The van der Waals surface area contributed by atoms with Crippen molar-refractivity contribution >= 4 is 23.2 Å². The van der Waals surface area contributed by atoms with Crippen molar-refractivity contribution in [3.63, 3.8) is 0 Å². The van der Waals surface area contributed by atoms with E-state index in [4.69, 9.17) is 17.3 Å².